The van der Waals surface area contributed by atoms with Crippen LogP contribution in [0.1, 0.15) is 77.1 Å². The number of likely N-dealkylation sites (tertiary alicyclic amines) is 1. The Labute approximate surface area is 207 Å². The molecular weight excluding hydrogens is 454 g/mol. The highest BCUT2D eigenvalue weighted by Crippen LogP contribution is 2.30. The SMILES string of the molecule is CCOC(=O)C(CCC1CCCCN1C(=O)OC(C)(C)C)(OC(=O)c1ccccc1)C(=O)OCC. The van der Waals surface area contributed by atoms with Crippen molar-refractivity contribution in [1.82, 2.24) is 4.90 Å². The van der Waals surface area contributed by atoms with Gasteiger partial charge in [-0.25, -0.2) is 19.2 Å². The number of nitrogens with zero attached hydrogens (tertiary/aromatic N) is 1. The number of rotatable bonds is 9. The number of carbonyl (C=O) groups is 4. The van der Waals surface area contributed by atoms with Gasteiger partial charge in [0.15, 0.2) is 0 Å². The van der Waals surface area contributed by atoms with Crippen LogP contribution >= 0.6 is 0 Å². The van der Waals surface area contributed by atoms with Crippen molar-refractivity contribution in [2.75, 3.05) is 19.8 Å². The van der Waals surface area contributed by atoms with Gasteiger partial charge in [-0.2, -0.15) is 0 Å². The minimum absolute atomic E-state index is 0.0175. The molecular formula is C26H37NO8. The van der Waals surface area contributed by atoms with Crippen LogP contribution in [0.4, 0.5) is 4.79 Å². The van der Waals surface area contributed by atoms with Crippen LogP contribution in [0.2, 0.25) is 0 Å². The van der Waals surface area contributed by atoms with Crippen LogP contribution in [0.3, 0.4) is 0 Å². The van der Waals surface area contributed by atoms with Crippen LogP contribution < -0.4 is 0 Å². The van der Waals surface area contributed by atoms with E-state index in [1.54, 1.807) is 57.7 Å². The number of ether oxygens (including phenoxy) is 4. The summed E-state index contributed by atoms with van der Waals surface area (Å²) in [5.41, 5.74) is -2.78. The van der Waals surface area contributed by atoms with Gasteiger partial charge in [0.05, 0.1) is 18.8 Å². The quantitative estimate of drug-likeness (QED) is 0.286. The topological polar surface area (TPSA) is 108 Å². The predicted molar refractivity (Wildman–Crippen MR) is 128 cm³/mol. The zero-order valence-corrected chi connectivity index (χ0v) is 21.3. The van der Waals surface area contributed by atoms with E-state index in [1.807, 2.05) is 0 Å². The summed E-state index contributed by atoms with van der Waals surface area (Å²) < 4.78 is 21.5. The maximum absolute atomic E-state index is 13.1. The van der Waals surface area contributed by atoms with E-state index in [0.29, 0.717) is 13.0 Å². The van der Waals surface area contributed by atoms with Gasteiger partial charge in [-0.15, -0.1) is 0 Å². The Balaban J connectivity index is 2.35. The van der Waals surface area contributed by atoms with Crippen molar-refractivity contribution in [3.8, 4) is 0 Å². The molecule has 0 radical (unpaired) electrons. The molecule has 1 aliphatic rings. The van der Waals surface area contributed by atoms with Crippen molar-refractivity contribution in [2.45, 2.75) is 84.0 Å². The molecule has 1 amide bonds. The summed E-state index contributed by atoms with van der Waals surface area (Å²) >= 11 is 0. The largest absolute Gasteiger partial charge is 0.463 e. The third kappa shape index (κ3) is 7.70. The molecule has 35 heavy (non-hydrogen) atoms. The molecule has 1 aromatic rings. The Kier molecular flexibility index (Phi) is 10.1. The van der Waals surface area contributed by atoms with Gasteiger partial charge < -0.3 is 23.8 Å². The van der Waals surface area contributed by atoms with Crippen LogP contribution in [-0.2, 0) is 28.5 Å². The lowest BCUT2D eigenvalue weighted by molar-refractivity contribution is -0.185. The van der Waals surface area contributed by atoms with Crippen molar-refractivity contribution < 1.29 is 38.1 Å². The van der Waals surface area contributed by atoms with Crippen LogP contribution in [0.15, 0.2) is 30.3 Å². The monoisotopic (exact) mass is 491 g/mol. The molecule has 0 aromatic heterocycles. The second-order valence-electron chi connectivity index (χ2n) is 9.39. The van der Waals surface area contributed by atoms with Gasteiger partial charge in [-0.05, 0) is 72.4 Å². The standard InChI is InChI=1S/C26H37NO8/c1-6-32-22(29)26(23(30)33-7-2,34-21(28)19-13-9-8-10-14-19)17-16-20-15-11-12-18-27(20)24(31)35-25(3,4)5/h8-10,13-14,20H,6-7,11-12,15-18H2,1-5H3. The van der Waals surface area contributed by atoms with Crippen LogP contribution in [0, 0.1) is 0 Å². The number of hydrogen-bond acceptors (Lipinski definition) is 8. The van der Waals surface area contributed by atoms with Gasteiger partial charge in [0.1, 0.15) is 5.60 Å². The molecule has 1 aliphatic heterocycles. The first-order chi connectivity index (χ1) is 16.5. The molecule has 1 fully saturated rings. The van der Waals surface area contributed by atoms with Gasteiger partial charge in [-0.3, -0.25) is 0 Å². The molecule has 0 spiro atoms. The second kappa shape index (κ2) is 12.6. The fraction of sp³-hybridized carbons (Fsp3) is 0.615. The number of amides is 1. The van der Waals surface area contributed by atoms with E-state index < -0.39 is 35.2 Å². The summed E-state index contributed by atoms with van der Waals surface area (Å²) in [6, 6.07) is 7.76. The molecule has 0 bridgehead atoms. The molecule has 0 N–H and O–H groups in total. The van der Waals surface area contributed by atoms with E-state index in [-0.39, 0.29) is 37.7 Å². The molecule has 9 nitrogen and oxygen atoms in total. The summed E-state index contributed by atoms with van der Waals surface area (Å²) in [5.74, 6) is -2.84. The van der Waals surface area contributed by atoms with E-state index in [9.17, 15) is 19.2 Å². The van der Waals surface area contributed by atoms with Gasteiger partial charge >= 0.3 is 29.6 Å². The van der Waals surface area contributed by atoms with Crippen molar-refractivity contribution >= 4 is 24.0 Å². The summed E-state index contributed by atoms with van der Waals surface area (Å²) in [6.45, 7) is 9.02. The Bertz CT molecular complexity index is 859. The maximum Gasteiger partial charge on any atom is 0.410 e. The van der Waals surface area contributed by atoms with Crippen LogP contribution in [-0.4, -0.2) is 65.9 Å². The minimum Gasteiger partial charge on any atom is -0.463 e. The highest BCUT2D eigenvalue weighted by molar-refractivity contribution is 6.06. The molecule has 1 unspecified atom stereocenters. The first-order valence-electron chi connectivity index (χ1n) is 12.2. The fourth-order valence-electron chi connectivity index (χ4n) is 3.94. The van der Waals surface area contributed by atoms with E-state index in [1.165, 1.54) is 12.1 Å². The van der Waals surface area contributed by atoms with Crippen molar-refractivity contribution in [3.63, 3.8) is 0 Å². The average Bonchev–Trinajstić information content (AvgIpc) is 2.81. The Morgan fingerprint density at radius 1 is 0.914 bits per heavy atom. The van der Waals surface area contributed by atoms with E-state index >= 15 is 0 Å². The van der Waals surface area contributed by atoms with Gasteiger partial charge in [0.25, 0.3) is 0 Å². The molecule has 1 saturated heterocycles. The zero-order valence-electron chi connectivity index (χ0n) is 21.3. The molecule has 2 rings (SSSR count). The fourth-order valence-corrected chi connectivity index (χ4v) is 3.94. The molecule has 0 saturated carbocycles. The first-order valence-corrected chi connectivity index (χ1v) is 12.2. The number of benzene rings is 1. The Morgan fingerprint density at radius 2 is 1.51 bits per heavy atom. The van der Waals surface area contributed by atoms with E-state index in [4.69, 9.17) is 18.9 Å². The van der Waals surface area contributed by atoms with Gasteiger partial charge in [0, 0.05) is 19.0 Å². The third-order valence-electron chi connectivity index (χ3n) is 5.57. The van der Waals surface area contributed by atoms with Crippen molar-refractivity contribution in [1.29, 1.82) is 0 Å². The minimum atomic E-state index is -2.30. The first kappa shape index (κ1) is 28.1. The highest BCUT2D eigenvalue weighted by Gasteiger charge is 2.53. The Morgan fingerprint density at radius 3 is 2.06 bits per heavy atom. The lowest BCUT2D eigenvalue weighted by Crippen LogP contribution is -2.54. The third-order valence-corrected chi connectivity index (χ3v) is 5.57. The van der Waals surface area contributed by atoms with E-state index in [0.717, 1.165) is 12.8 Å². The summed E-state index contributed by atoms with van der Waals surface area (Å²) in [4.78, 5) is 53.6. The van der Waals surface area contributed by atoms with Gasteiger partial charge in [-0.1, -0.05) is 18.2 Å². The smallest absolute Gasteiger partial charge is 0.410 e. The summed E-state index contributed by atoms with van der Waals surface area (Å²) in [7, 11) is 0. The summed E-state index contributed by atoms with van der Waals surface area (Å²) in [5, 5.41) is 0. The molecule has 1 atom stereocenters. The summed E-state index contributed by atoms with van der Waals surface area (Å²) in [6.07, 6.45) is 1.90. The zero-order chi connectivity index (χ0) is 26.1. The number of piperidine rings is 1. The van der Waals surface area contributed by atoms with Crippen molar-refractivity contribution in [2.24, 2.45) is 0 Å². The average molecular weight is 492 g/mol. The van der Waals surface area contributed by atoms with Crippen LogP contribution in [0.5, 0.6) is 0 Å². The molecule has 1 aromatic carbocycles. The van der Waals surface area contributed by atoms with Gasteiger partial charge in [0.2, 0.25) is 0 Å². The molecule has 194 valence electrons. The van der Waals surface area contributed by atoms with Crippen LogP contribution in [0.25, 0.3) is 0 Å². The second-order valence-corrected chi connectivity index (χ2v) is 9.39. The van der Waals surface area contributed by atoms with E-state index in [2.05, 4.69) is 0 Å². The lowest BCUT2D eigenvalue weighted by atomic mass is 9.90. The predicted octanol–water partition coefficient (Wildman–Crippen LogP) is 4.28. The molecule has 9 heteroatoms. The maximum atomic E-state index is 13.1. The number of carbonyl (C=O) groups excluding carboxylic acids is 4. The number of esters is 3. The molecule has 1 heterocycles. The molecule has 0 aliphatic carbocycles. The normalized spacial score (nSPS) is 16.3. The Hall–Kier alpha value is -3.10. The number of hydrogen-bond donors (Lipinski definition) is 0. The lowest BCUT2D eigenvalue weighted by Gasteiger charge is -2.38. The highest BCUT2D eigenvalue weighted by atomic mass is 16.6. The van der Waals surface area contributed by atoms with Crippen molar-refractivity contribution in [3.05, 3.63) is 35.9 Å².